The summed E-state index contributed by atoms with van der Waals surface area (Å²) in [7, 11) is -0.555. The highest BCUT2D eigenvalue weighted by Crippen LogP contribution is 2.12. The Bertz CT molecular complexity index is 386. The summed E-state index contributed by atoms with van der Waals surface area (Å²) in [5.74, 6) is 0. The summed E-state index contributed by atoms with van der Waals surface area (Å²) in [5.41, 5.74) is 1.26. The normalized spacial score (nSPS) is 15.0. The Morgan fingerprint density at radius 3 is 2.23 bits per heavy atom. The molecule has 0 aliphatic rings. The maximum atomic E-state index is 11.8. The molecule has 1 unspecified atom stereocenters. The van der Waals surface area contributed by atoms with Crippen molar-refractivity contribution in [1.82, 2.24) is 0 Å². The highest BCUT2D eigenvalue weighted by molar-refractivity contribution is 7.93. The largest absolute Gasteiger partial charge is 0.245 e. The van der Waals surface area contributed by atoms with Crippen LogP contribution in [0.25, 0.3) is 0 Å². The van der Waals surface area contributed by atoms with Crippen LogP contribution in [0.15, 0.2) is 33.5 Å². The van der Waals surface area contributed by atoms with Gasteiger partial charge < -0.3 is 0 Å². The highest BCUT2D eigenvalue weighted by atomic mass is 32.2. The molecule has 13 heavy (non-hydrogen) atoms. The van der Waals surface area contributed by atoms with Crippen molar-refractivity contribution in [2.24, 2.45) is 4.36 Å². The monoisotopic (exact) mass is 197 g/mol. The van der Waals surface area contributed by atoms with Gasteiger partial charge in [0.15, 0.2) is 0 Å². The number of rotatable bonds is 2. The quantitative estimate of drug-likeness (QED) is 0.715. The zero-order valence-corrected chi connectivity index (χ0v) is 9.10. The van der Waals surface area contributed by atoms with E-state index < -0.39 is 9.73 Å². The lowest BCUT2D eigenvalue weighted by molar-refractivity contribution is 0.680. The molecule has 0 saturated heterocycles. The first-order valence-corrected chi connectivity index (χ1v) is 6.21. The fourth-order valence-electron chi connectivity index (χ4n) is 1.08. The minimum Gasteiger partial charge on any atom is -0.245 e. The minimum atomic E-state index is -2.15. The summed E-state index contributed by atoms with van der Waals surface area (Å²) in [6.45, 7) is 2.10. The van der Waals surface area contributed by atoms with Crippen LogP contribution in [-0.4, -0.2) is 17.5 Å². The van der Waals surface area contributed by atoms with Crippen molar-refractivity contribution >= 4 is 9.73 Å². The lowest BCUT2D eigenvalue weighted by Crippen LogP contribution is -1.96. The fourth-order valence-corrected chi connectivity index (χ4v) is 1.93. The Balaban J connectivity index is 3.14. The highest BCUT2D eigenvalue weighted by Gasteiger charge is 2.02. The average molecular weight is 197 g/mol. The number of hydrogen-bond donors (Lipinski definition) is 0. The van der Waals surface area contributed by atoms with Gasteiger partial charge in [-0.3, -0.25) is 0 Å². The fraction of sp³-hybridized carbons (Fsp3) is 0.400. The van der Waals surface area contributed by atoms with Crippen LogP contribution < -0.4 is 0 Å². The molecule has 0 aromatic heterocycles. The standard InChI is InChI=1S/C10H15NOS/c1-4-9-5-7-10(8-6-9)13(3,12)11-2/h5-8H,4H2,1-3H3. The Morgan fingerprint density at radius 2 is 1.85 bits per heavy atom. The van der Waals surface area contributed by atoms with Gasteiger partial charge in [0.25, 0.3) is 0 Å². The molecule has 0 radical (unpaired) electrons. The summed E-state index contributed by atoms with van der Waals surface area (Å²) in [6, 6.07) is 7.80. The van der Waals surface area contributed by atoms with Crippen molar-refractivity contribution in [2.45, 2.75) is 18.2 Å². The van der Waals surface area contributed by atoms with Crippen LogP contribution >= 0.6 is 0 Å². The molecule has 1 aromatic rings. The van der Waals surface area contributed by atoms with E-state index in [1.165, 1.54) is 5.56 Å². The average Bonchev–Trinajstić information content (AvgIpc) is 2.18. The summed E-state index contributed by atoms with van der Waals surface area (Å²) >= 11 is 0. The van der Waals surface area contributed by atoms with Gasteiger partial charge in [0, 0.05) is 18.2 Å². The van der Waals surface area contributed by atoms with Crippen LogP contribution in [0.5, 0.6) is 0 Å². The van der Waals surface area contributed by atoms with E-state index in [0.29, 0.717) is 0 Å². The van der Waals surface area contributed by atoms with E-state index in [4.69, 9.17) is 0 Å². The van der Waals surface area contributed by atoms with Gasteiger partial charge in [-0.05, 0) is 24.1 Å². The molecule has 3 heteroatoms. The van der Waals surface area contributed by atoms with Gasteiger partial charge in [0.2, 0.25) is 0 Å². The van der Waals surface area contributed by atoms with E-state index in [2.05, 4.69) is 11.3 Å². The number of benzene rings is 1. The molecule has 0 aliphatic carbocycles. The van der Waals surface area contributed by atoms with Gasteiger partial charge in [0.1, 0.15) is 0 Å². The van der Waals surface area contributed by atoms with Crippen LogP contribution in [-0.2, 0) is 16.1 Å². The first-order valence-electron chi connectivity index (χ1n) is 4.29. The Hall–Kier alpha value is -0.830. The molecule has 1 aromatic carbocycles. The smallest absolute Gasteiger partial charge is 0.0720 e. The summed E-state index contributed by atoms with van der Waals surface area (Å²) in [5, 5.41) is 0. The summed E-state index contributed by atoms with van der Waals surface area (Å²) in [6.07, 6.45) is 2.67. The van der Waals surface area contributed by atoms with E-state index in [-0.39, 0.29) is 0 Å². The van der Waals surface area contributed by atoms with Gasteiger partial charge in [-0.1, -0.05) is 19.1 Å². The first-order chi connectivity index (χ1) is 6.10. The molecule has 72 valence electrons. The van der Waals surface area contributed by atoms with Crippen molar-refractivity contribution in [3.8, 4) is 0 Å². The van der Waals surface area contributed by atoms with Crippen LogP contribution in [0.3, 0.4) is 0 Å². The molecule has 0 bridgehead atoms. The van der Waals surface area contributed by atoms with Crippen molar-refractivity contribution in [3.05, 3.63) is 29.8 Å². The molecule has 0 heterocycles. The predicted octanol–water partition coefficient (Wildman–Crippen LogP) is 2.34. The van der Waals surface area contributed by atoms with Crippen molar-refractivity contribution in [1.29, 1.82) is 0 Å². The molecule has 0 N–H and O–H groups in total. The summed E-state index contributed by atoms with van der Waals surface area (Å²) in [4.78, 5) is 0.812. The topological polar surface area (TPSA) is 29.4 Å². The van der Waals surface area contributed by atoms with Crippen molar-refractivity contribution < 1.29 is 4.21 Å². The lowest BCUT2D eigenvalue weighted by Gasteiger charge is -2.03. The van der Waals surface area contributed by atoms with Crippen LogP contribution in [0, 0.1) is 0 Å². The third-order valence-corrected chi connectivity index (χ3v) is 3.96. The minimum absolute atomic E-state index is 0.812. The van der Waals surface area contributed by atoms with Crippen molar-refractivity contribution in [2.75, 3.05) is 13.3 Å². The Labute approximate surface area is 80.2 Å². The van der Waals surface area contributed by atoms with E-state index in [0.717, 1.165) is 11.3 Å². The van der Waals surface area contributed by atoms with E-state index in [1.54, 1.807) is 13.3 Å². The Morgan fingerprint density at radius 1 is 1.31 bits per heavy atom. The second-order valence-electron chi connectivity index (χ2n) is 2.98. The molecule has 1 atom stereocenters. The molecular weight excluding hydrogens is 182 g/mol. The van der Waals surface area contributed by atoms with E-state index in [9.17, 15) is 4.21 Å². The van der Waals surface area contributed by atoms with Crippen LogP contribution in [0.2, 0.25) is 0 Å². The number of nitrogens with zero attached hydrogens (tertiary/aromatic N) is 1. The molecule has 2 nitrogen and oxygen atoms in total. The van der Waals surface area contributed by atoms with Gasteiger partial charge in [-0.25, -0.2) is 8.57 Å². The van der Waals surface area contributed by atoms with E-state index >= 15 is 0 Å². The van der Waals surface area contributed by atoms with Gasteiger partial charge in [-0.2, -0.15) is 0 Å². The van der Waals surface area contributed by atoms with Crippen LogP contribution in [0.4, 0.5) is 0 Å². The first kappa shape index (κ1) is 10.3. The Kier molecular flexibility index (Phi) is 3.09. The van der Waals surface area contributed by atoms with Gasteiger partial charge >= 0.3 is 0 Å². The lowest BCUT2D eigenvalue weighted by atomic mass is 10.2. The van der Waals surface area contributed by atoms with E-state index in [1.807, 2.05) is 24.3 Å². The molecule has 0 fully saturated rings. The molecule has 1 rings (SSSR count). The second-order valence-corrected chi connectivity index (χ2v) is 5.42. The number of aryl methyl sites for hydroxylation is 1. The maximum Gasteiger partial charge on any atom is 0.0720 e. The third kappa shape index (κ3) is 2.31. The third-order valence-electron chi connectivity index (χ3n) is 2.12. The second kappa shape index (κ2) is 3.92. The number of hydrogen-bond acceptors (Lipinski definition) is 2. The van der Waals surface area contributed by atoms with Gasteiger partial charge in [0.05, 0.1) is 9.73 Å². The molecule has 0 amide bonds. The van der Waals surface area contributed by atoms with Crippen LogP contribution in [0.1, 0.15) is 12.5 Å². The SMILES string of the molecule is CCc1ccc(S(C)(=O)=NC)cc1. The predicted molar refractivity (Wildman–Crippen MR) is 56.5 cm³/mol. The molecule has 0 aliphatic heterocycles. The summed E-state index contributed by atoms with van der Waals surface area (Å²) < 4.78 is 15.7. The van der Waals surface area contributed by atoms with Gasteiger partial charge in [-0.15, -0.1) is 0 Å². The molecule has 0 spiro atoms. The zero-order chi connectivity index (χ0) is 9.90. The molecule has 0 saturated carbocycles. The zero-order valence-electron chi connectivity index (χ0n) is 8.28. The maximum absolute atomic E-state index is 11.8. The molecular formula is C10H15NOS. The van der Waals surface area contributed by atoms with Crippen molar-refractivity contribution in [3.63, 3.8) is 0 Å².